The molecule has 0 bridgehead atoms. The highest BCUT2D eigenvalue weighted by atomic mass is 19.1. The summed E-state index contributed by atoms with van der Waals surface area (Å²) in [4.78, 5) is 21.0. The average Bonchev–Trinajstić information content (AvgIpc) is 3.24. The molecule has 0 radical (unpaired) electrons. The van der Waals surface area contributed by atoms with Crippen LogP contribution in [0.3, 0.4) is 0 Å². The Morgan fingerprint density at radius 3 is 2.79 bits per heavy atom. The Labute approximate surface area is 193 Å². The lowest BCUT2D eigenvalue weighted by Crippen LogP contribution is -2.48. The first kappa shape index (κ1) is 21.7. The average molecular weight is 448 g/mol. The number of rotatable bonds is 6. The third kappa shape index (κ3) is 3.72. The number of carbonyl (C=O) groups is 1. The zero-order chi connectivity index (χ0) is 23.1. The van der Waals surface area contributed by atoms with E-state index in [1.165, 1.54) is 29.2 Å². The van der Waals surface area contributed by atoms with Crippen LogP contribution >= 0.6 is 0 Å². The zero-order valence-electron chi connectivity index (χ0n) is 19.4. The highest BCUT2D eigenvalue weighted by Gasteiger charge is 2.38. The van der Waals surface area contributed by atoms with Crippen molar-refractivity contribution in [1.29, 1.82) is 0 Å². The van der Waals surface area contributed by atoms with Crippen LogP contribution < -0.4 is 4.74 Å². The van der Waals surface area contributed by atoms with Crippen LogP contribution in [0.1, 0.15) is 30.5 Å². The van der Waals surface area contributed by atoms with Gasteiger partial charge in [0.15, 0.2) is 11.6 Å². The van der Waals surface area contributed by atoms with Crippen molar-refractivity contribution in [3.05, 3.63) is 71.2 Å². The number of halogens is 1. The molecule has 2 aliphatic rings. The predicted molar refractivity (Wildman–Crippen MR) is 129 cm³/mol. The molecule has 5 nitrogen and oxygen atoms in total. The van der Waals surface area contributed by atoms with Crippen LogP contribution in [0.5, 0.6) is 5.75 Å². The number of H-pyrrole nitrogens is 1. The molecule has 2 aromatic carbocycles. The molecular formula is C27H30FN3O2. The highest BCUT2D eigenvalue weighted by molar-refractivity contribution is 5.99. The number of nitrogens with one attached hydrogen (secondary N) is 1. The summed E-state index contributed by atoms with van der Waals surface area (Å²) in [5, 5.41) is 1.26. The molecule has 0 spiro atoms. The van der Waals surface area contributed by atoms with E-state index in [0.29, 0.717) is 26.2 Å². The monoisotopic (exact) mass is 447 g/mol. The van der Waals surface area contributed by atoms with Crippen molar-refractivity contribution < 1.29 is 13.9 Å². The van der Waals surface area contributed by atoms with E-state index in [1.807, 2.05) is 24.8 Å². The molecule has 2 atom stereocenters. The lowest BCUT2D eigenvalue weighted by Gasteiger charge is -2.42. The van der Waals surface area contributed by atoms with Gasteiger partial charge in [-0.1, -0.05) is 24.3 Å². The maximum absolute atomic E-state index is 14.4. The Morgan fingerprint density at radius 1 is 1.24 bits per heavy atom. The van der Waals surface area contributed by atoms with E-state index in [9.17, 15) is 9.18 Å². The van der Waals surface area contributed by atoms with Crippen LogP contribution in [-0.2, 0) is 17.8 Å². The number of nitrogens with zero attached hydrogens (tertiary/aromatic N) is 2. The molecule has 33 heavy (non-hydrogen) atoms. The van der Waals surface area contributed by atoms with Crippen molar-refractivity contribution in [3.8, 4) is 5.75 Å². The van der Waals surface area contributed by atoms with E-state index in [0.717, 1.165) is 17.5 Å². The number of aromatic amines is 1. The van der Waals surface area contributed by atoms with E-state index in [4.69, 9.17) is 4.74 Å². The van der Waals surface area contributed by atoms with Gasteiger partial charge in [-0.2, -0.15) is 0 Å². The summed E-state index contributed by atoms with van der Waals surface area (Å²) >= 11 is 0. The quantitative estimate of drug-likeness (QED) is 0.600. The molecule has 0 saturated heterocycles. The number of fused-ring (bicyclic) bond motifs is 2. The third-order valence-electron chi connectivity index (χ3n) is 7.12. The number of ether oxygens (including phenoxy) is 1. The first-order valence-corrected chi connectivity index (χ1v) is 11.7. The van der Waals surface area contributed by atoms with Gasteiger partial charge in [-0.3, -0.25) is 9.69 Å². The van der Waals surface area contributed by atoms with Gasteiger partial charge in [0.05, 0.1) is 13.0 Å². The molecule has 5 rings (SSSR count). The van der Waals surface area contributed by atoms with Gasteiger partial charge in [-0.05, 0) is 60.7 Å². The first-order chi connectivity index (χ1) is 16.0. The largest absolute Gasteiger partial charge is 0.494 e. The number of carbonyl (C=O) groups excluding carboxylic acids is 1. The Morgan fingerprint density at radius 2 is 2.06 bits per heavy atom. The molecule has 1 aliphatic carbocycles. The fourth-order valence-electron chi connectivity index (χ4n) is 5.47. The Hall–Kier alpha value is -3.12. The maximum atomic E-state index is 14.4. The Balaban J connectivity index is 1.56. The molecular weight excluding hydrogens is 417 g/mol. The third-order valence-corrected chi connectivity index (χ3v) is 7.12. The second-order valence-corrected chi connectivity index (χ2v) is 8.90. The van der Waals surface area contributed by atoms with Crippen LogP contribution in [0.2, 0.25) is 0 Å². The van der Waals surface area contributed by atoms with Crippen LogP contribution in [0.4, 0.5) is 4.39 Å². The Bertz CT molecular complexity index is 1230. The SMILES string of the molecule is CCN(CC)C(=O)[C@@H]1C=C2c3cccc4[nH]cc(c34)C[C@H]2N(Cc2ccc(OC)c(F)c2)C1. The van der Waals surface area contributed by atoms with Crippen molar-refractivity contribution in [2.45, 2.75) is 32.9 Å². The summed E-state index contributed by atoms with van der Waals surface area (Å²) in [5.41, 5.74) is 5.70. The zero-order valence-corrected chi connectivity index (χ0v) is 19.4. The molecule has 1 aliphatic heterocycles. The molecule has 172 valence electrons. The molecule has 0 saturated carbocycles. The molecule has 0 fully saturated rings. The summed E-state index contributed by atoms with van der Waals surface area (Å²) in [7, 11) is 1.47. The van der Waals surface area contributed by atoms with E-state index >= 15 is 0 Å². The van der Waals surface area contributed by atoms with E-state index < -0.39 is 0 Å². The van der Waals surface area contributed by atoms with Crippen LogP contribution in [0.25, 0.3) is 16.5 Å². The lowest BCUT2D eigenvalue weighted by atomic mass is 9.79. The fraction of sp³-hybridized carbons (Fsp3) is 0.370. The standard InChI is InChI=1S/C27H30FN3O2/c1-4-30(5-2)27(32)19-12-21-20-7-6-8-23-26(20)18(14-29-23)13-24(21)31(16-19)15-17-9-10-25(33-3)22(28)11-17/h6-12,14,19,24,29H,4-5,13,15-16H2,1-3H3/t19-,24-/m1/s1. The maximum Gasteiger partial charge on any atom is 0.230 e. The van der Waals surface area contributed by atoms with E-state index in [1.54, 1.807) is 12.1 Å². The van der Waals surface area contributed by atoms with Crippen molar-refractivity contribution >= 4 is 22.4 Å². The lowest BCUT2D eigenvalue weighted by molar-refractivity contribution is -0.134. The van der Waals surface area contributed by atoms with Gasteiger partial charge in [-0.25, -0.2) is 4.39 Å². The van der Waals surface area contributed by atoms with Gasteiger partial charge in [0.2, 0.25) is 5.91 Å². The molecule has 3 aromatic rings. The van der Waals surface area contributed by atoms with Gasteiger partial charge in [0.1, 0.15) is 0 Å². The minimum Gasteiger partial charge on any atom is -0.494 e. The fourth-order valence-corrected chi connectivity index (χ4v) is 5.47. The van der Waals surface area contributed by atoms with Gasteiger partial charge < -0.3 is 14.6 Å². The summed E-state index contributed by atoms with van der Waals surface area (Å²) in [6.07, 6.45) is 5.16. The summed E-state index contributed by atoms with van der Waals surface area (Å²) in [5.74, 6) is -0.187. The summed E-state index contributed by atoms with van der Waals surface area (Å²) < 4.78 is 19.5. The van der Waals surface area contributed by atoms with Gasteiger partial charge in [0, 0.05) is 49.3 Å². The minimum absolute atomic E-state index is 0.143. The number of hydrogen-bond acceptors (Lipinski definition) is 3. The number of hydrogen-bond donors (Lipinski definition) is 1. The van der Waals surface area contributed by atoms with Crippen molar-refractivity contribution in [1.82, 2.24) is 14.8 Å². The van der Waals surface area contributed by atoms with Gasteiger partial charge in [0.25, 0.3) is 0 Å². The van der Waals surface area contributed by atoms with E-state index in [-0.39, 0.29) is 29.4 Å². The molecule has 1 N–H and O–H groups in total. The van der Waals surface area contributed by atoms with Crippen molar-refractivity contribution in [2.75, 3.05) is 26.7 Å². The Kier molecular flexibility index (Phi) is 5.71. The smallest absolute Gasteiger partial charge is 0.230 e. The number of methoxy groups -OCH3 is 1. The van der Waals surface area contributed by atoms with Crippen LogP contribution in [0, 0.1) is 11.7 Å². The molecule has 2 heterocycles. The molecule has 0 unspecified atom stereocenters. The molecule has 1 aromatic heterocycles. The van der Waals surface area contributed by atoms with Crippen molar-refractivity contribution in [3.63, 3.8) is 0 Å². The second-order valence-electron chi connectivity index (χ2n) is 8.90. The molecule has 1 amide bonds. The second kappa shape index (κ2) is 8.67. The van der Waals surface area contributed by atoms with Gasteiger partial charge >= 0.3 is 0 Å². The van der Waals surface area contributed by atoms with Crippen molar-refractivity contribution in [2.24, 2.45) is 5.92 Å². The minimum atomic E-state index is -0.361. The number of aromatic nitrogens is 1. The normalized spacial score (nSPS) is 19.8. The van der Waals surface area contributed by atoms with Crippen LogP contribution in [-0.4, -0.2) is 53.5 Å². The summed E-state index contributed by atoms with van der Waals surface area (Å²) in [6, 6.07) is 11.6. The number of amides is 1. The predicted octanol–water partition coefficient (Wildman–Crippen LogP) is 4.62. The van der Waals surface area contributed by atoms with Crippen LogP contribution in [0.15, 0.2) is 48.7 Å². The van der Waals surface area contributed by atoms with Gasteiger partial charge in [-0.15, -0.1) is 0 Å². The topological polar surface area (TPSA) is 48.6 Å². The summed E-state index contributed by atoms with van der Waals surface area (Å²) in [6.45, 7) is 6.61. The highest BCUT2D eigenvalue weighted by Crippen LogP contribution is 2.42. The number of benzene rings is 2. The van der Waals surface area contributed by atoms with E-state index in [2.05, 4.69) is 40.4 Å². The molecule has 6 heteroatoms. The first-order valence-electron chi connectivity index (χ1n) is 11.7.